The van der Waals surface area contributed by atoms with Gasteiger partial charge in [0.2, 0.25) is 0 Å². The molecule has 0 radical (unpaired) electrons. The molecule has 1 unspecified atom stereocenters. The number of hydrogen-bond donors (Lipinski definition) is 3. The number of aromatic hydroxyl groups is 1. The van der Waals surface area contributed by atoms with Crippen LogP contribution in [0.15, 0.2) is 17.7 Å². The molecule has 1 aliphatic carbocycles. The van der Waals surface area contributed by atoms with Crippen LogP contribution >= 0.6 is 0 Å². The molecule has 0 aromatic heterocycles. The van der Waals surface area contributed by atoms with Gasteiger partial charge in [-0.05, 0) is 63.2 Å². The van der Waals surface area contributed by atoms with Crippen LogP contribution in [-0.2, 0) is 6.42 Å². The molecule has 150 valence electrons. The Morgan fingerprint density at radius 2 is 2.07 bits per heavy atom. The number of hydrogen-bond acceptors (Lipinski definition) is 4. The molecule has 0 aliphatic heterocycles. The van der Waals surface area contributed by atoms with Gasteiger partial charge in [0.05, 0.1) is 12.7 Å². The van der Waals surface area contributed by atoms with Gasteiger partial charge < -0.3 is 20.1 Å². The molecule has 0 spiro atoms. The van der Waals surface area contributed by atoms with Crippen molar-refractivity contribution < 1.29 is 24.9 Å². The molecule has 2 rings (SSSR count). The molecule has 1 aromatic rings. The lowest BCUT2D eigenvalue weighted by molar-refractivity contribution is 0.0692. The lowest BCUT2D eigenvalue weighted by atomic mass is 9.83. The highest BCUT2D eigenvalue weighted by Crippen LogP contribution is 2.44. The number of ether oxygens (including phenoxy) is 1. The van der Waals surface area contributed by atoms with Gasteiger partial charge in [0.15, 0.2) is 0 Å². The third kappa shape index (κ3) is 5.25. The average molecular weight is 376 g/mol. The van der Waals surface area contributed by atoms with Crippen molar-refractivity contribution in [3.05, 3.63) is 34.4 Å². The summed E-state index contributed by atoms with van der Waals surface area (Å²) in [5.41, 5.74) is 2.06. The van der Waals surface area contributed by atoms with E-state index in [0.717, 1.165) is 44.1 Å². The Kier molecular flexibility index (Phi) is 7.72. The molecule has 3 N–H and O–H groups in total. The third-order valence-electron chi connectivity index (χ3n) is 5.03. The summed E-state index contributed by atoms with van der Waals surface area (Å²) in [4.78, 5) is 11.9. The number of phenols is 1. The van der Waals surface area contributed by atoms with Crippen molar-refractivity contribution in [2.24, 2.45) is 0 Å². The van der Waals surface area contributed by atoms with E-state index >= 15 is 0 Å². The van der Waals surface area contributed by atoms with Gasteiger partial charge in [-0.15, -0.1) is 0 Å². The van der Waals surface area contributed by atoms with Crippen LogP contribution < -0.4 is 4.74 Å². The van der Waals surface area contributed by atoms with E-state index in [1.54, 1.807) is 6.07 Å². The van der Waals surface area contributed by atoms with Gasteiger partial charge in [-0.2, -0.15) is 0 Å². The van der Waals surface area contributed by atoms with Crippen molar-refractivity contribution in [1.29, 1.82) is 0 Å². The minimum atomic E-state index is -1.11. The molecule has 0 fully saturated rings. The second kappa shape index (κ2) is 9.79. The van der Waals surface area contributed by atoms with Crippen molar-refractivity contribution in [3.63, 3.8) is 0 Å². The van der Waals surface area contributed by atoms with Crippen LogP contribution in [0.5, 0.6) is 11.5 Å². The molecule has 5 heteroatoms. The number of allylic oxidation sites excluding steroid dienone is 1. The fourth-order valence-corrected chi connectivity index (χ4v) is 3.78. The van der Waals surface area contributed by atoms with Gasteiger partial charge in [0, 0.05) is 11.5 Å². The summed E-state index contributed by atoms with van der Waals surface area (Å²) in [7, 11) is 0. The molecule has 0 saturated heterocycles. The van der Waals surface area contributed by atoms with Gasteiger partial charge >= 0.3 is 5.97 Å². The first-order chi connectivity index (χ1) is 12.9. The molecule has 5 nitrogen and oxygen atoms in total. The van der Waals surface area contributed by atoms with Crippen LogP contribution in [0.2, 0.25) is 0 Å². The maximum Gasteiger partial charge on any atom is 0.339 e. The number of aromatic carboxylic acids is 1. The van der Waals surface area contributed by atoms with Gasteiger partial charge in [-0.1, -0.05) is 25.8 Å². The van der Waals surface area contributed by atoms with Crippen LogP contribution in [0.3, 0.4) is 0 Å². The van der Waals surface area contributed by atoms with Gasteiger partial charge in [0.25, 0.3) is 0 Å². The smallest absolute Gasteiger partial charge is 0.339 e. The Bertz CT molecular complexity index is 690. The highest BCUT2D eigenvalue weighted by Gasteiger charge is 2.28. The van der Waals surface area contributed by atoms with Crippen molar-refractivity contribution >= 4 is 5.97 Å². The van der Waals surface area contributed by atoms with Crippen molar-refractivity contribution in [2.45, 2.75) is 77.7 Å². The topological polar surface area (TPSA) is 87.0 Å². The summed E-state index contributed by atoms with van der Waals surface area (Å²) in [5.74, 6) is -0.900. The van der Waals surface area contributed by atoms with Crippen LogP contribution in [0, 0.1) is 0 Å². The Morgan fingerprint density at radius 1 is 1.33 bits per heavy atom. The number of aryl methyl sites for hydroxylation is 1. The zero-order valence-corrected chi connectivity index (χ0v) is 16.6. The Balaban J connectivity index is 2.58. The lowest BCUT2D eigenvalue weighted by Gasteiger charge is -2.26. The summed E-state index contributed by atoms with van der Waals surface area (Å²) < 4.78 is 5.99. The molecule has 1 atom stereocenters. The number of carboxylic acids is 1. The number of carboxylic acid groups (broad SMARTS) is 1. The van der Waals surface area contributed by atoms with Crippen LogP contribution in [-0.4, -0.2) is 34.0 Å². The molecular weight excluding hydrogens is 344 g/mol. The molecule has 1 aliphatic rings. The normalized spacial score (nSPS) is 17.1. The second-order valence-electron chi connectivity index (χ2n) is 7.58. The zero-order chi connectivity index (χ0) is 20.0. The molecular formula is C22H32O5. The molecule has 0 saturated carbocycles. The minimum Gasteiger partial charge on any atom is -0.507 e. The van der Waals surface area contributed by atoms with Crippen LogP contribution in [0.4, 0.5) is 0 Å². The Hall–Kier alpha value is -2.01. The van der Waals surface area contributed by atoms with Crippen molar-refractivity contribution in [2.75, 3.05) is 6.61 Å². The SMILES string of the molecule is CCCCCc1cc(OC(C)C)c(C2C=C(CO)CCC2)c(O)c1C(=O)O. The van der Waals surface area contributed by atoms with Gasteiger partial charge in [-0.3, -0.25) is 0 Å². The van der Waals surface area contributed by atoms with E-state index in [1.807, 2.05) is 19.9 Å². The van der Waals surface area contributed by atoms with Crippen molar-refractivity contribution in [3.8, 4) is 11.5 Å². The van der Waals surface area contributed by atoms with E-state index in [-0.39, 0.29) is 29.9 Å². The summed E-state index contributed by atoms with van der Waals surface area (Å²) in [6.07, 6.45) is 7.88. The monoisotopic (exact) mass is 376 g/mol. The predicted octanol–water partition coefficient (Wildman–Crippen LogP) is 4.80. The number of benzene rings is 1. The first-order valence-corrected chi connectivity index (χ1v) is 9.98. The summed E-state index contributed by atoms with van der Waals surface area (Å²) in [6, 6.07) is 1.80. The van der Waals surface area contributed by atoms with E-state index in [2.05, 4.69) is 6.92 Å². The lowest BCUT2D eigenvalue weighted by Crippen LogP contribution is -2.14. The maximum absolute atomic E-state index is 11.9. The number of unbranched alkanes of at least 4 members (excludes halogenated alkanes) is 2. The van der Waals surface area contributed by atoms with E-state index in [1.165, 1.54) is 0 Å². The summed E-state index contributed by atoms with van der Waals surface area (Å²) in [5, 5.41) is 30.2. The summed E-state index contributed by atoms with van der Waals surface area (Å²) >= 11 is 0. The maximum atomic E-state index is 11.9. The van der Waals surface area contributed by atoms with Crippen LogP contribution in [0.25, 0.3) is 0 Å². The minimum absolute atomic E-state index is 0.0123. The number of rotatable bonds is 9. The van der Waals surface area contributed by atoms with E-state index in [9.17, 15) is 20.1 Å². The number of aliphatic hydroxyl groups excluding tert-OH is 1. The van der Waals surface area contributed by atoms with E-state index in [0.29, 0.717) is 23.3 Å². The summed E-state index contributed by atoms with van der Waals surface area (Å²) in [6.45, 7) is 5.91. The predicted molar refractivity (Wildman–Crippen MR) is 106 cm³/mol. The highest BCUT2D eigenvalue weighted by molar-refractivity contribution is 5.94. The fourth-order valence-electron chi connectivity index (χ4n) is 3.78. The van der Waals surface area contributed by atoms with Gasteiger partial charge in [-0.25, -0.2) is 4.79 Å². The molecule has 27 heavy (non-hydrogen) atoms. The third-order valence-corrected chi connectivity index (χ3v) is 5.03. The molecule has 0 heterocycles. The zero-order valence-electron chi connectivity index (χ0n) is 16.6. The first kappa shape index (κ1) is 21.3. The standard InChI is InChI=1S/C22H32O5/c1-4-5-6-9-17-12-18(27-14(2)3)19(21(24)20(17)22(25)26)16-10-7-8-15(11-16)13-23/h11-12,14,16,23-24H,4-10,13H2,1-3H3,(H,25,26). The Labute approximate surface area is 161 Å². The van der Waals surface area contributed by atoms with Crippen LogP contribution in [0.1, 0.15) is 86.7 Å². The second-order valence-corrected chi connectivity index (χ2v) is 7.58. The first-order valence-electron chi connectivity index (χ1n) is 9.98. The van der Waals surface area contributed by atoms with Gasteiger partial charge in [0.1, 0.15) is 17.1 Å². The Morgan fingerprint density at radius 3 is 2.67 bits per heavy atom. The highest BCUT2D eigenvalue weighted by atomic mass is 16.5. The number of aliphatic hydroxyl groups is 1. The largest absolute Gasteiger partial charge is 0.507 e. The molecule has 0 bridgehead atoms. The fraction of sp³-hybridized carbons (Fsp3) is 0.591. The average Bonchev–Trinajstić information content (AvgIpc) is 2.61. The van der Waals surface area contributed by atoms with Crippen molar-refractivity contribution in [1.82, 2.24) is 0 Å². The molecule has 1 aromatic carbocycles. The van der Waals surface area contributed by atoms with E-state index < -0.39 is 5.97 Å². The quantitative estimate of drug-likeness (QED) is 0.426. The number of carbonyl (C=O) groups is 1. The van der Waals surface area contributed by atoms with E-state index in [4.69, 9.17) is 4.74 Å². The molecule has 0 amide bonds.